The first-order chi connectivity index (χ1) is 12.6. The second-order valence-corrected chi connectivity index (χ2v) is 5.72. The largest absolute Gasteiger partial charge is 0.492 e. The third-order valence-corrected chi connectivity index (χ3v) is 4.26. The molecule has 0 aliphatic rings. The quantitative estimate of drug-likeness (QED) is 0.242. The molecule has 0 saturated carbocycles. The van der Waals surface area contributed by atoms with Crippen LogP contribution in [0.5, 0.6) is 11.5 Å². The molecule has 0 atom stereocenters. The Labute approximate surface area is 148 Å². The molecule has 26 heavy (non-hydrogen) atoms. The number of nitrogens with zero attached hydrogens (tertiary/aromatic N) is 2. The Morgan fingerprint density at radius 1 is 1.04 bits per heavy atom. The van der Waals surface area contributed by atoms with Crippen LogP contribution in [0.2, 0.25) is 0 Å². The predicted octanol–water partition coefficient (Wildman–Crippen LogP) is 3.76. The summed E-state index contributed by atoms with van der Waals surface area (Å²) in [5.74, 6) is 1.45. The van der Waals surface area contributed by atoms with Crippen molar-refractivity contribution >= 4 is 22.2 Å². The highest BCUT2D eigenvalue weighted by molar-refractivity contribution is 5.88. The maximum Gasteiger partial charge on any atom is 0.433 e. The summed E-state index contributed by atoms with van der Waals surface area (Å²) < 4.78 is 18.1. The maximum absolute atomic E-state index is 10.8. The third-order valence-electron chi connectivity index (χ3n) is 4.26. The lowest BCUT2D eigenvalue weighted by atomic mass is 10.1. The lowest BCUT2D eigenvalue weighted by Crippen LogP contribution is -2.21. The highest BCUT2D eigenvalue weighted by Gasteiger charge is 2.18. The molecule has 0 aliphatic carbocycles. The SMILES string of the molecule is COc1cc[n+]2cc3ccc(-c4ccc([N+](=O)[O-])o4)cc3cc2c1OC. The Kier molecular flexibility index (Phi) is 3.69. The average molecular weight is 351 g/mol. The Morgan fingerprint density at radius 2 is 1.88 bits per heavy atom. The van der Waals surface area contributed by atoms with E-state index < -0.39 is 4.92 Å². The molecule has 7 nitrogen and oxygen atoms in total. The average Bonchev–Trinajstić information content (AvgIpc) is 3.15. The smallest absolute Gasteiger partial charge is 0.433 e. The molecule has 0 saturated heterocycles. The number of hydrogen-bond acceptors (Lipinski definition) is 5. The molecular weight excluding hydrogens is 336 g/mol. The fraction of sp³-hybridized carbons (Fsp3) is 0.105. The Hall–Kier alpha value is -3.61. The van der Waals surface area contributed by atoms with E-state index in [1.165, 1.54) is 6.07 Å². The highest BCUT2D eigenvalue weighted by Crippen LogP contribution is 2.32. The molecular formula is C19H15N2O5+. The van der Waals surface area contributed by atoms with Gasteiger partial charge in [0.1, 0.15) is 10.7 Å². The van der Waals surface area contributed by atoms with Gasteiger partial charge in [0.15, 0.2) is 18.1 Å². The van der Waals surface area contributed by atoms with E-state index in [2.05, 4.69) is 0 Å². The van der Waals surface area contributed by atoms with E-state index >= 15 is 0 Å². The van der Waals surface area contributed by atoms with E-state index in [1.54, 1.807) is 20.3 Å². The van der Waals surface area contributed by atoms with E-state index in [1.807, 2.05) is 47.1 Å². The van der Waals surface area contributed by atoms with Crippen LogP contribution in [-0.4, -0.2) is 19.1 Å². The number of rotatable bonds is 4. The van der Waals surface area contributed by atoms with Crippen LogP contribution in [0.15, 0.2) is 59.3 Å². The van der Waals surface area contributed by atoms with Gasteiger partial charge < -0.3 is 13.9 Å². The molecule has 0 spiro atoms. The van der Waals surface area contributed by atoms with Crippen molar-refractivity contribution in [2.75, 3.05) is 14.2 Å². The third kappa shape index (κ3) is 2.50. The number of hydrogen-bond donors (Lipinski definition) is 0. The molecule has 7 heteroatoms. The minimum absolute atomic E-state index is 0.277. The van der Waals surface area contributed by atoms with Crippen LogP contribution < -0.4 is 13.9 Å². The van der Waals surface area contributed by atoms with E-state index in [0.717, 1.165) is 21.9 Å². The highest BCUT2D eigenvalue weighted by atomic mass is 16.6. The van der Waals surface area contributed by atoms with Gasteiger partial charge in [-0.1, -0.05) is 6.07 Å². The normalized spacial score (nSPS) is 11.0. The zero-order chi connectivity index (χ0) is 18.3. The molecule has 1 aromatic carbocycles. The molecule has 4 rings (SSSR count). The van der Waals surface area contributed by atoms with Gasteiger partial charge in [-0.3, -0.25) is 10.1 Å². The van der Waals surface area contributed by atoms with Crippen molar-refractivity contribution < 1.29 is 23.2 Å². The Balaban J connectivity index is 1.91. The summed E-state index contributed by atoms with van der Waals surface area (Å²) in [7, 11) is 3.19. The molecule has 0 radical (unpaired) electrons. The van der Waals surface area contributed by atoms with Crippen molar-refractivity contribution in [3.05, 3.63) is 65.0 Å². The number of nitro groups is 1. The van der Waals surface area contributed by atoms with E-state index in [4.69, 9.17) is 13.9 Å². The molecule has 4 aromatic rings. The number of benzene rings is 1. The summed E-state index contributed by atoms with van der Waals surface area (Å²) in [4.78, 5) is 10.3. The van der Waals surface area contributed by atoms with Crippen LogP contribution in [0.4, 0.5) is 5.88 Å². The molecule has 3 aromatic heterocycles. The van der Waals surface area contributed by atoms with E-state index in [-0.39, 0.29) is 5.88 Å². The van der Waals surface area contributed by atoms with Crippen molar-refractivity contribution in [2.24, 2.45) is 0 Å². The summed E-state index contributed by atoms with van der Waals surface area (Å²) in [6.07, 6.45) is 3.89. The molecule has 0 bridgehead atoms. The number of furan rings is 1. The number of ether oxygens (including phenoxy) is 2. The van der Waals surface area contributed by atoms with Crippen LogP contribution >= 0.6 is 0 Å². The topological polar surface area (TPSA) is 78.8 Å². The molecule has 0 unspecified atom stereocenters. The van der Waals surface area contributed by atoms with Gasteiger partial charge >= 0.3 is 5.88 Å². The number of fused-ring (bicyclic) bond motifs is 2. The van der Waals surface area contributed by atoms with Gasteiger partial charge in [-0.05, 0) is 23.6 Å². The van der Waals surface area contributed by atoms with Gasteiger partial charge in [-0.15, -0.1) is 0 Å². The monoisotopic (exact) mass is 351 g/mol. The fourth-order valence-electron chi connectivity index (χ4n) is 3.01. The van der Waals surface area contributed by atoms with Crippen LogP contribution in [0, 0.1) is 10.1 Å². The first-order valence-electron chi connectivity index (χ1n) is 7.85. The van der Waals surface area contributed by atoms with Crippen molar-refractivity contribution in [1.29, 1.82) is 0 Å². The van der Waals surface area contributed by atoms with Gasteiger partial charge in [0.05, 0.1) is 20.3 Å². The number of aromatic nitrogens is 1. The van der Waals surface area contributed by atoms with Crippen LogP contribution in [0.3, 0.4) is 0 Å². The molecule has 3 heterocycles. The zero-order valence-corrected chi connectivity index (χ0v) is 14.1. The Bertz CT molecular complexity index is 1150. The Morgan fingerprint density at radius 3 is 2.58 bits per heavy atom. The van der Waals surface area contributed by atoms with Crippen molar-refractivity contribution in [1.82, 2.24) is 0 Å². The van der Waals surface area contributed by atoms with Crippen LogP contribution in [0.25, 0.3) is 27.6 Å². The van der Waals surface area contributed by atoms with Crippen LogP contribution in [-0.2, 0) is 0 Å². The lowest BCUT2D eigenvalue weighted by molar-refractivity contribution is -0.510. The molecule has 130 valence electrons. The van der Waals surface area contributed by atoms with Crippen LogP contribution in [0.1, 0.15) is 0 Å². The van der Waals surface area contributed by atoms with Gasteiger partial charge in [-0.2, -0.15) is 4.40 Å². The number of pyridine rings is 2. The van der Waals surface area contributed by atoms with Gasteiger partial charge in [0.2, 0.25) is 5.75 Å². The van der Waals surface area contributed by atoms with Gasteiger partial charge in [0.25, 0.3) is 5.52 Å². The lowest BCUT2D eigenvalue weighted by Gasteiger charge is -2.07. The van der Waals surface area contributed by atoms with Gasteiger partial charge in [0, 0.05) is 23.1 Å². The molecule has 0 aliphatic heterocycles. The summed E-state index contributed by atoms with van der Waals surface area (Å²) in [5, 5.41) is 12.8. The molecule has 0 fully saturated rings. The minimum Gasteiger partial charge on any atom is -0.492 e. The van der Waals surface area contributed by atoms with Gasteiger partial charge in [-0.25, -0.2) is 0 Å². The fourth-order valence-corrected chi connectivity index (χ4v) is 3.01. The van der Waals surface area contributed by atoms with E-state index in [0.29, 0.717) is 17.3 Å². The van der Waals surface area contributed by atoms with Crippen molar-refractivity contribution in [3.63, 3.8) is 0 Å². The van der Waals surface area contributed by atoms with Crippen molar-refractivity contribution in [3.8, 4) is 22.8 Å². The zero-order valence-electron chi connectivity index (χ0n) is 14.1. The summed E-state index contributed by atoms with van der Waals surface area (Å²) in [6, 6.07) is 12.5. The summed E-state index contributed by atoms with van der Waals surface area (Å²) >= 11 is 0. The molecule has 0 amide bonds. The second-order valence-electron chi connectivity index (χ2n) is 5.72. The van der Waals surface area contributed by atoms with E-state index in [9.17, 15) is 10.1 Å². The van der Waals surface area contributed by atoms with Crippen molar-refractivity contribution in [2.45, 2.75) is 0 Å². The summed E-state index contributed by atoms with van der Waals surface area (Å²) in [6.45, 7) is 0. The first kappa shape index (κ1) is 15.9. The number of methoxy groups -OCH3 is 2. The summed E-state index contributed by atoms with van der Waals surface area (Å²) in [5.41, 5.74) is 1.61. The minimum atomic E-state index is -0.550. The molecule has 0 N–H and O–H groups in total. The predicted molar refractivity (Wildman–Crippen MR) is 94.6 cm³/mol. The second kappa shape index (κ2) is 6.03. The standard InChI is InChI=1S/C19H15N2O5/c1-24-17-7-8-20-11-13-4-3-12(16-5-6-18(26-16)21(22)23)9-14(13)10-15(20)19(17)25-2/h3-11H,1-2H3/q+1. The maximum atomic E-state index is 10.8. The first-order valence-corrected chi connectivity index (χ1v) is 7.85.